The summed E-state index contributed by atoms with van der Waals surface area (Å²) in [6, 6.07) is 21.3. The van der Waals surface area contributed by atoms with Gasteiger partial charge in [-0.1, -0.05) is 41.9 Å². The lowest BCUT2D eigenvalue weighted by Gasteiger charge is -2.23. The van der Waals surface area contributed by atoms with Gasteiger partial charge in [0, 0.05) is 10.6 Å². The van der Waals surface area contributed by atoms with Crippen LogP contribution in [0.3, 0.4) is 0 Å². The van der Waals surface area contributed by atoms with Gasteiger partial charge >= 0.3 is 0 Å². The van der Waals surface area contributed by atoms with E-state index in [9.17, 15) is 13.2 Å². The maximum absolute atomic E-state index is 13.2. The van der Waals surface area contributed by atoms with Crippen molar-refractivity contribution in [2.24, 2.45) is 5.10 Å². The minimum Gasteiger partial charge on any atom is -0.496 e. The molecule has 160 valence electrons. The molecule has 0 saturated heterocycles. The molecule has 0 bridgehead atoms. The van der Waals surface area contributed by atoms with Crippen molar-refractivity contribution in [1.82, 2.24) is 5.43 Å². The van der Waals surface area contributed by atoms with Crippen LogP contribution < -0.4 is 14.5 Å². The number of nitrogens with zero attached hydrogens (tertiary/aromatic N) is 2. The minimum absolute atomic E-state index is 0.0195. The van der Waals surface area contributed by atoms with Gasteiger partial charge in [0.05, 0.1) is 23.9 Å². The fourth-order valence-electron chi connectivity index (χ4n) is 2.76. The first-order chi connectivity index (χ1) is 14.9. The first-order valence-corrected chi connectivity index (χ1v) is 11.0. The molecule has 0 aliphatic carbocycles. The Morgan fingerprint density at radius 3 is 2.35 bits per heavy atom. The second kappa shape index (κ2) is 10.1. The summed E-state index contributed by atoms with van der Waals surface area (Å²) in [6.07, 6.45) is 1.43. The van der Waals surface area contributed by atoms with E-state index in [1.807, 2.05) is 12.1 Å². The topological polar surface area (TPSA) is 88.1 Å². The maximum atomic E-state index is 13.2. The number of hydrogen-bond donors (Lipinski definition) is 1. The molecule has 0 aliphatic heterocycles. The van der Waals surface area contributed by atoms with E-state index in [4.69, 9.17) is 16.3 Å². The number of carbonyl (C=O) groups excluding carboxylic acids is 1. The lowest BCUT2D eigenvalue weighted by molar-refractivity contribution is -0.119. The van der Waals surface area contributed by atoms with Gasteiger partial charge < -0.3 is 4.74 Å². The van der Waals surface area contributed by atoms with Crippen LogP contribution in [0, 0.1) is 0 Å². The lowest BCUT2D eigenvalue weighted by atomic mass is 10.2. The third-order valence-electron chi connectivity index (χ3n) is 4.26. The SMILES string of the molecule is COc1ccccc1/C=N\NC(=O)CN(c1ccccc1)S(=O)(=O)c1ccc(Cl)cc1. The molecular weight excluding hydrogens is 438 g/mol. The summed E-state index contributed by atoms with van der Waals surface area (Å²) in [4.78, 5) is 12.5. The molecule has 0 radical (unpaired) electrons. The predicted molar refractivity (Wildman–Crippen MR) is 121 cm³/mol. The highest BCUT2D eigenvalue weighted by molar-refractivity contribution is 7.92. The van der Waals surface area contributed by atoms with E-state index >= 15 is 0 Å². The quantitative estimate of drug-likeness (QED) is 0.412. The van der Waals surface area contributed by atoms with E-state index in [1.54, 1.807) is 42.5 Å². The third kappa shape index (κ3) is 5.62. The van der Waals surface area contributed by atoms with E-state index in [-0.39, 0.29) is 4.90 Å². The van der Waals surface area contributed by atoms with Crippen molar-refractivity contribution in [3.8, 4) is 5.75 Å². The molecule has 0 unspecified atom stereocenters. The molecule has 3 aromatic carbocycles. The Morgan fingerprint density at radius 1 is 1.03 bits per heavy atom. The van der Waals surface area contributed by atoms with Crippen LogP contribution in [0.1, 0.15) is 5.56 Å². The summed E-state index contributed by atoms with van der Waals surface area (Å²) in [5, 5.41) is 4.33. The molecule has 9 heteroatoms. The van der Waals surface area contributed by atoms with Gasteiger partial charge in [0.1, 0.15) is 12.3 Å². The molecule has 3 rings (SSSR count). The lowest BCUT2D eigenvalue weighted by Crippen LogP contribution is -2.39. The highest BCUT2D eigenvalue weighted by atomic mass is 35.5. The molecule has 0 spiro atoms. The summed E-state index contributed by atoms with van der Waals surface area (Å²) in [6.45, 7) is -0.460. The smallest absolute Gasteiger partial charge is 0.264 e. The summed E-state index contributed by atoms with van der Waals surface area (Å²) in [5.74, 6) is -0.00994. The van der Waals surface area contributed by atoms with Crippen molar-refractivity contribution in [2.45, 2.75) is 4.90 Å². The van der Waals surface area contributed by atoms with Crippen molar-refractivity contribution < 1.29 is 17.9 Å². The van der Waals surface area contributed by atoms with Gasteiger partial charge in [0.15, 0.2) is 0 Å². The van der Waals surface area contributed by atoms with Crippen LogP contribution in [-0.2, 0) is 14.8 Å². The van der Waals surface area contributed by atoms with Gasteiger partial charge in [-0.3, -0.25) is 9.10 Å². The number of methoxy groups -OCH3 is 1. The summed E-state index contributed by atoms with van der Waals surface area (Å²) < 4.78 is 32.7. The summed E-state index contributed by atoms with van der Waals surface area (Å²) >= 11 is 5.87. The Labute approximate surface area is 186 Å². The number of para-hydroxylation sites is 2. The van der Waals surface area contributed by atoms with E-state index in [0.717, 1.165) is 4.31 Å². The Bertz CT molecular complexity index is 1170. The zero-order valence-corrected chi connectivity index (χ0v) is 18.2. The molecule has 3 aromatic rings. The molecule has 1 N–H and O–H groups in total. The number of amides is 1. The number of anilines is 1. The first-order valence-electron chi connectivity index (χ1n) is 9.20. The van der Waals surface area contributed by atoms with Crippen LogP contribution >= 0.6 is 11.6 Å². The Hall–Kier alpha value is -3.36. The van der Waals surface area contributed by atoms with Crippen LogP contribution in [-0.4, -0.2) is 34.2 Å². The Kier molecular flexibility index (Phi) is 7.28. The highest BCUT2D eigenvalue weighted by Gasteiger charge is 2.27. The normalized spacial score (nSPS) is 11.3. The molecule has 31 heavy (non-hydrogen) atoms. The monoisotopic (exact) mass is 457 g/mol. The molecule has 0 atom stereocenters. The van der Waals surface area contributed by atoms with E-state index < -0.39 is 22.5 Å². The molecular formula is C22H20ClN3O4S. The van der Waals surface area contributed by atoms with Gasteiger partial charge in [-0.15, -0.1) is 0 Å². The molecule has 0 aromatic heterocycles. The fraction of sp³-hybridized carbons (Fsp3) is 0.0909. The van der Waals surface area contributed by atoms with E-state index in [0.29, 0.717) is 22.0 Å². The second-order valence-corrected chi connectivity index (χ2v) is 8.64. The zero-order valence-electron chi connectivity index (χ0n) is 16.6. The van der Waals surface area contributed by atoms with Crippen LogP contribution in [0.2, 0.25) is 5.02 Å². The zero-order chi connectivity index (χ0) is 22.3. The van der Waals surface area contributed by atoms with Crippen molar-refractivity contribution in [3.63, 3.8) is 0 Å². The number of rotatable bonds is 8. The van der Waals surface area contributed by atoms with Gasteiger partial charge in [-0.2, -0.15) is 5.10 Å². The van der Waals surface area contributed by atoms with Gasteiger partial charge in [-0.05, 0) is 48.5 Å². The van der Waals surface area contributed by atoms with Gasteiger partial charge in [-0.25, -0.2) is 13.8 Å². The Balaban J connectivity index is 1.81. The maximum Gasteiger partial charge on any atom is 0.264 e. The summed E-state index contributed by atoms with van der Waals surface area (Å²) in [7, 11) is -2.48. The van der Waals surface area contributed by atoms with Crippen molar-refractivity contribution in [3.05, 3.63) is 89.4 Å². The average Bonchev–Trinajstić information content (AvgIpc) is 2.78. The second-order valence-electron chi connectivity index (χ2n) is 6.34. The highest BCUT2D eigenvalue weighted by Crippen LogP contribution is 2.24. The number of benzene rings is 3. The first kappa shape index (κ1) is 22.3. The van der Waals surface area contributed by atoms with Crippen LogP contribution in [0.25, 0.3) is 0 Å². The van der Waals surface area contributed by atoms with Crippen molar-refractivity contribution >= 4 is 39.4 Å². The number of hydrogen-bond acceptors (Lipinski definition) is 5. The van der Waals surface area contributed by atoms with Crippen molar-refractivity contribution in [2.75, 3.05) is 18.0 Å². The average molecular weight is 458 g/mol. The third-order valence-corrected chi connectivity index (χ3v) is 6.30. The molecule has 0 heterocycles. The van der Waals surface area contributed by atoms with Crippen LogP contribution in [0.4, 0.5) is 5.69 Å². The minimum atomic E-state index is -4.01. The summed E-state index contributed by atoms with van der Waals surface area (Å²) in [5.41, 5.74) is 3.38. The molecule has 7 nitrogen and oxygen atoms in total. The number of nitrogens with one attached hydrogen (secondary N) is 1. The Morgan fingerprint density at radius 2 is 1.68 bits per heavy atom. The number of hydrazone groups is 1. The van der Waals surface area contributed by atoms with Gasteiger partial charge in [0.2, 0.25) is 0 Å². The standard InChI is InChI=1S/C22H20ClN3O4S/c1-30-21-10-6-5-7-17(21)15-24-25-22(27)16-26(19-8-3-2-4-9-19)31(28,29)20-13-11-18(23)12-14-20/h2-15H,16H2,1H3,(H,25,27)/b24-15-. The molecule has 0 fully saturated rings. The van der Waals surface area contributed by atoms with Crippen LogP contribution in [0.15, 0.2) is 88.9 Å². The largest absolute Gasteiger partial charge is 0.496 e. The van der Waals surface area contributed by atoms with E-state index in [2.05, 4.69) is 10.5 Å². The molecule has 0 aliphatic rings. The molecule has 1 amide bonds. The number of ether oxygens (including phenoxy) is 1. The number of sulfonamides is 1. The van der Waals surface area contributed by atoms with Crippen LogP contribution in [0.5, 0.6) is 5.75 Å². The molecule has 0 saturated carbocycles. The van der Waals surface area contributed by atoms with E-state index in [1.165, 1.54) is 37.6 Å². The number of halogens is 1. The fourth-order valence-corrected chi connectivity index (χ4v) is 4.30. The van der Waals surface area contributed by atoms with Crippen molar-refractivity contribution in [1.29, 1.82) is 0 Å². The predicted octanol–water partition coefficient (Wildman–Crippen LogP) is 3.69. The number of carbonyl (C=O) groups is 1. The van der Waals surface area contributed by atoms with Gasteiger partial charge in [0.25, 0.3) is 15.9 Å².